The second kappa shape index (κ2) is 19.6. The van der Waals surface area contributed by atoms with Crippen LogP contribution in [0.15, 0.2) is 23.3 Å². The quantitative estimate of drug-likeness (QED) is 0.211. The first-order chi connectivity index (χ1) is 25.6. The van der Waals surface area contributed by atoms with E-state index in [1.54, 1.807) is 35.2 Å². The number of piperidine rings is 1. The number of ketones is 2. The van der Waals surface area contributed by atoms with Gasteiger partial charge in [0.25, 0.3) is 11.7 Å². The summed E-state index contributed by atoms with van der Waals surface area (Å²) in [7, 11) is 4.69. The molecule has 4 aliphatic rings. The van der Waals surface area contributed by atoms with Crippen molar-refractivity contribution < 1.29 is 53.1 Å². The van der Waals surface area contributed by atoms with Crippen molar-refractivity contribution in [2.45, 2.75) is 161 Å². The molecule has 54 heavy (non-hydrogen) atoms. The first-order valence-electron chi connectivity index (χ1n) is 20.2. The Kier molecular flexibility index (Phi) is 16.0. The maximum Gasteiger partial charge on any atom is 0.329 e. The van der Waals surface area contributed by atoms with Crippen LogP contribution in [0.25, 0.3) is 0 Å². The number of carbonyl (C=O) groups is 4. The Morgan fingerprint density at radius 2 is 1.61 bits per heavy atom. The van der Waals surface area contributed by atoms with Crippen LogP contribution >= 0.6 is 0 Å². The molecule has 0 radical (unpaired) electrons. The number of hydrogen-bond donors (Lipinski definition) is 2. The molecule has 1 aliphatic carbocycles. The fourth-order valence-corrected chi connectivity index (χ4v) is 9.18. The number of hydrogen-bond acceptors (Lipinski definition) is 11. The van der Waals surface area contributed by atoms with Crippen molar-refractivity contribution in [3.8, 4) is 0 Å². The zero-order valence-electron chi connectivity index (χ0n) is 34.1. The number of rotatable bonds is 6. The van der Waals surface area contributed by atoms with Gasteiger partial charge < -0.3 is 38.8 Å². The lowest BCUT2D eigenvalue weighted by Crippen LogP contribution is -2.64. The van der Waals surface area contributed by atoms with Crippen LogP contribution in [-0.4, -0.2) is 115 Å². The molecular weight excluding hydrogens is 694 g/mol. The number of methoxy groups -OCH3 is 3. The zero-order chi connectivity index (χ0) is 39.9. The lowest BCUT2D eigenvalue weighted by Gasteiger charge is -2.47. The number of amides is 1. The van der Waals surface area contributed by atoms with E-state index in [9.17, 15) is 29.4 Å². The Bertz CT molecular complexity index is 1380. The van der Waals surface area contributed by atoms with Gasteiger partial charge in [-0.3, -0.25) is 14.4 Å². The van der Waals surface area contributed by atoms with Crippen LogP contribution in [0.3, 0.4) is 0 Å². The van der Waals surface area contributed by atoms with E-state index in [0.29, 0.717) is 37.7 Å². The van der Waals surface area contributed by atoms with Crippen LogP contribution in [0.5, 0.6) is 0 Å². The van der Waals surface area contributed by atoms with Gasteiger partial charge in [-0.25, -0.2) is 4.79 Å². The van der Waals surface area contributed by atoms with Crippen LogP contribution < -0.4 is 0 Å². The molecule has 12 heteroatoms. The van der Waals surface area contributed by atoms with Gasteiger partial charge in [-0.1, -0.05) is 45.4 Å². The average Bonchev–Trinajstić information content (AvgIpc) is 3.15. The Hall–Kier alpha value is -2.48. The lowest BCUT2D eigenvalue weighted by atomic mass is 9.81. The summed E-state index contributed by atoms with van der Waals surface area (Å²) in [6.45, 7) is 11.6. The van der Waals surface area contributed by atoms with Gasteiger partial charge in [0, 0.05) is 40.2 Å². The van der Waals surface area contributed by atoms with Crippen molar-refractivity contribution in [3.05, 3.63) is 23.3 Å². The third-order valence-electron chi connectivity index (χ3n) is 12.5. The number of esters is 1. The monoisotopic (exact) mass is 761 g/mol. The Morgan fingerprint density at radius 3 is 2.26 bits per heavy atom. The molecule has 2 bridgehead atoms. The minimum Gasteiger partial charge on any atom is -0.456 e. The molecule has 0 aromatic carbocycles. The van der Waals surface area contributed by atoms with Gasteiger partial charge in [0.05, 0.1) is 30.3 Å². The number of aliphatic hydroxyl groups is 2. The maximum atomic E-state index is 14.2. The van der Waals surface area contributed by atoms with E-state index in [4.69, 9.17) is 23.7 Å². The molecule has 3 aliphatic heterocycles. The average molecular weight is 762 g/mol. The molecule has 1 saturated carbocycles. The largest absolute Gasteiger partial charge is 0.456 e. The molecule has 0 aromatic heterocycles. The molecule has 3 fully saturated rings. The zero-order valence-corrected chi connectivity index (χ0v) is 34.1. The van der Waals surface area contributed by atoms with Gasteiger partial charge in [0.1, 0.15) is 24.0 Å². The minimum absolute atomic E-state index is 0.0209. The number of fused-ring (bicyclic) bond motifs is 3. The molecule has 13 atom stereocenters. The van der Waals surface area contributed by atoms with Gasteiger partial charge >= 0.3 is 5.97 Å². The second-order valence-corrected chi connectivity index (χ2v) is 16.7. The summed E-state index contributed by atoms with van der Waals surface area (Å²) in [5, 5.41) is 22.4. The maximum absolute atomic E-state index is 14.2. The minimum atomic E-state index is -2.47. The molecule has 3 heterocycles. The number of nitrogens with zero attached hydrogens (tertiary/aromatic N) is 1. The van der Waals surface area contributed by atoms with Crippen LogP contribution in [0.1, 0.15) is 112 Å². The number of cyclic esters (lactones) is 1. The van der Waals surface area contributed by atoms with E-state index in [0.717, 1.165) is 24.8 Å². The Morgan fingerprint density at radius 1 is 0.944 bits per heavy atom. The van der Waals surface area contributed by atoms with Crippen molar-refractivity contribution in [2.24, 2.45) is 29.6 Å². The van der Waals surface area contributed by atoms with E-state index in [1.807, 2.05) is 13.0 Å². The van der Waals surface area contributed by atoms with Crippen molar-refractivity contribution in [2.75, 3.05) is 27.9 Å². The predicted octanol–water partition coefficient (Wildman–Crippen LogP) is 5.11. The van der Waals surface area contributed by atoms with E-state index >= 15 is 0 Å². The molecule has 0 unspecified atom stereocenters. The third-order valence-corrected chi connectivity index (χ3v) is 12.5. The van der Waals surface area contributed by atoms with E-state index < -0.39 is 71.8 Å². The highest BCUT2D eigenvalue weighted by molar-refractivity contribution is 6.39. The summed E-state index contributed by atoms with van der Waals surface area (Å²) >= 11 is 0. The molecule has 4 rings (SSSR count). The van der Waals surface area contributed by atoms with Crippen LogP contribution in [0.4, 0.5) is 0 Å². The molecule has 0 spiro atoms. The van der Waals surface area contributed by atoms with Crippen molar-refractivity contribution in [3.63, 3.8) is 0 Å². The van der Waals surface area contributed by atoms with Crippen LogP contribution in [-0.2, 0) is 42.9 Å². The van der Waals surface area contributed by atoms with Gasteiger partial charge in [0.15, 0.2) is 0 Å². The van der Waals surface area contributed by atoms with Crippen LogP contribution in [0.2, 0.25) is 0 Å². The summed E-state index contributed by atoms with van der Waals surface area (Å²) in [6.07, 6.45) is 6.36. The van der Waals surface area contributed by atoms with E-state index in [-0.39, 0.29) is 55.4 Å². The predicted molar refractivity (Wildman–Crippen MR) is 202 cm³/mol. The fourth-order valence-electron chi connectivity index (χ4n) is 9.18. The summed E-state index contributed by atoms with van der Waals surface area (Å²) in [5.41, 5.74) is 1.84. The molecule has 2 N–H and O–H groups in total. The molecular formula is C42H67NO11. The van der Waals surface area contributed by atoms with E-state index in [2.05, 4.69) is 26.8 Å². The summed E-state index contributed by atoms with van der Waals surface area (Å²) in [6, 6.07) is -1.09. The second-order valence-electron chi connectivity index (χ2n) is 16.7. The SMILES string of the molecule is CC[C@@H]1/C=C(\C)C[C@H](C)C[C@H](OC)[C@H]2O[C@@](O)(C(=O)C(=O)N3CCCC[C@H]3C(=O)O[C@H](/C(C)=C/[C@@H]3CC[C@@H](O)[C@H](OC)C3)[C@H](C)C(=O)C1)[C@H](C)C[C@@H]2OC. The molecule has 2 saturated heterocycles. The number of Topliss-reactive ketones (excluding diaryl/α,β-unsaturated/α-hetero) is 2. The number of allylic oxidation sites excluding steroid dienone is 3. The molecule has 0 aromatic rings. The van der Waals surface area contributed by atoms with Gasteiger partial charge in [-0.15, -0.1) is 0 Å². The van der Waals surface area contributed by atoms with Crippen molar-refractivity contribution >= 4 is 23.4 Å². The number of carbonyl (C=O) groups excluding carboxylic acids is 4. The topological polar surface area (TPSA) is 158 Å². The van der Waals surface area contributed by atoms with E-state index in [1.165, 1.54) is 4.90 Å². The normalized spacial score (nSPS) is 41.1. The fraction of sp³-hybridized carbons (Fsp3) is 0.810. The molecule has 12 nitrogen and oxygen atoms in total. The number of ether oxygens (including phenoxy) is 5. The first-order valence-corrected chi connectivity index (χ1v) is 20.2. The highest BCUT2D eigenvalue weighted by atomic mass is 16.7. The van der Waals surface area contributed by atoms with Crippen molar-refractivity contribution in [1.29, 1.82) is 0 Å². The van der Waals surface area contributed by atoms with Crippen LogP contribution in [0, 0.1) is 29.6 Å². The Balaban J connectivity index is 1.76. The standard InChI is InChI=1S/C42H67NO11/c1-10-29-18-24(2)17-25(3)19-35(51-8)38-36(52-9)21-27(5)42(49,54-38)39(46)40(47)43-16-12-11-13-31(43)41(48)53-37(28(6)33(45)22-29)26(4)20-30-14-15-32(44)34(23-30)50-7/h18,20,25,27-32,34-38,44,49H,10-17,19,21-23H2,1-9H3/b24-18+,26-20+/t25-,27+,28+,29+,30-,31-,32+,34+,35-,36-,37+,38+,42+/m0/s1. The van der Waals surface area contributed by atoms with Gasteiger partial charge in [-0.2, -0.15) is 0 Å². The van der Waals surface area contributed by atoms with Crippen molar-refractivity contribution in [1.82, 2.24) is 4.90 Å². The summed E-state index contributed by atoms with van der Waals surface area (Å²) in [5.74, 6) is -6.71. The lowest BCUT2D eigenvalue weighted by molar-refractivity contribution is -0.302. The number of aliphatic hydroxyl groups excluding tert-OH is 1. The Labute approximate surface area is 322 Å². The first kappa shape index (κ1) is 44.2. The summed E-state index contributed by atoms with van der Waals surface area (Å²) in [4.78, 5) is 57.9. The highest BCUT2D eigenvalue weighted by Crippen LogP contribution is 2.39. The highest BCUT2D eigenvalue weighted by Gasteiger charge is 2.56. The summed E-state index contributed by atoms with van der Waals surface area (Å²) < 4.78 is 29.8. The van der Waals surface area contributed by atoms with Gasteiger partial charge in [0.2, 0.25) is 5.79 Å². The molecule has 1 amide bonds. The van der Waals surface area contributed by atoms with Gasteiger partial charge in [-0.05, 0) is 101 Å². The smallest absolute Gasteiger partial charge is 0.329 e. The molecule has 306 valence electrons. The third kappa shape index (κ3) is 10.3.